The van der Waals surface area contributed by atoms with Crippen LogP contribution < -0.4 is 10.5 Å². The fourth-order valence-corrected chi connectivity index (χ4v) is 2.21. The quantitative estimate of drug-likeness (QED) is 0.810. The molecule has 1 fully saturated rings. The van der Waals surface area contributed by atoms with Crippen molar-refractivity contribution < 1.29 is 14.3 Å². The molecule has 1 aliphatic rings. The number of ether oxygens (including phenoxy) is 1. The number of hydrogen-bond donors (Lipinski definition) is 1. The third-order valence-electron chi connectivity index (χ3n) is 3.29. The van der Waals surface area contributed by atoms with E-state index in [2.05, 4.69) is 0 Å². The summed E-state index contributed by atoms with van der Waals surface area (Å²) in [6, 6.07) is 5.20. The molecule has 19 heavy (non-hydrogen) atoms. The molecule has 1 heterocycles. The molecule has 1 aliphatic heterocycles. The minimum Gasteiger partial charge on any atom is -0.496 e. The van der Waals surface area contributed by atoms with Gasteiger partial charge in [-0.2, -0.15) is 0 Å². The van der Waals surface area contributed by atoms with Gasteiger partial charge in [-0.05, 0) is 25.5 Å². The number of carbonyl (C=O) groups is 2. The van der Waals surface area contributed by atoms with Crippen molar-refractivity contribution in [3.05, 3.63) is 29.3 Å². The largest absolute Gasteiger partial charge is 0.496 e. The summed E-state index contributed by atoms with van der Waals surface area (Å²) in [5.41, 5.74) is 7.09. The Kier molecular flexibility index (Phi) is 3.85. The lowest BCUT2D eigenvalue weighted by Crippen LogP contribution is -2.46. The van der Waals surface area contributed by atoms with Crippen LogP contribution in [0.25, 0.3) is 0 Å². The van der Waals surface area contributed by atoms with Crippen molar-refractivity contribution in [2.24, 2.45) is 5.73 Å². The van der Waals surface area contributed by atoms with Crippen LogP contribution in [-0.4, -0.2) is 36.4 Å². The monoisotopic (exact) mass is 262 g/mol. The highest BCUT2D eigenvalue weighted by molar-refractivity contribution is 6.06. The van der Waals surface area contributed by atoms with Crippen LogP contribution in [0.15, 0.2) is 18.2 Å². The number of likely N-dealkylation sites (tertiary alicyclic amines) is 1. The van der Waals surface area contributed by atoms with Crippen LogP contribution in [0.1, 0.15) is 28.8 Å². The zero-order valence-corrected chi connectivity index (χ0v) is 11.2. The summed E-state index contributed by atoms with van der Waals surface area (Å²) in [6.45, 7) is 2.26. The highest BCUT2D eigenvalue weighted by Gasteiger charge is 2.30. The van der Waals surface area contributed by atoms with E-state index in [0.29, 0.717) is 24.3 Å². The van der Waals surface area contributed by atoms with Crippen molar-refractivity contribution >= 4 is 11.8 Å². The minimum atomic E-state index is -0.308. The molecule has 5 heteroatoms. The Labute approximate surface area is 112 Å². The van der Waals surface area contributed by atoms with E-state index in [1.807, 2.05) is 13.0 Å². The Morgan fingerprint density at radius 3 is 2.84 bits per heavy atom. The number of nitrogens with zero attached hydrogens (tertiary/aromatic N) is 1. The van der Waals surface area contributed by atoms with Crippen LogP contribution in [0.4, 0.5) is 0 Å². The number of nitrogens with two attached hydrogens (primary N) is 1. The maximum absolute atomic E-state index is 12.4. The minimum absolute atomic E-state index is 0.143. The van der Waals surface area contributed by atoms with E-state index in [4.69, 9.17) is 10.5 Å². The molecule has 2 amide bonds. The molecular formula is C14H18N2O3. The average molecular weight is 262 g/mol. The van der Waals surface area contributed by atoms with Crippen molar-refractivity contribution in [1.82, 2.24) is 4.90 Å². The molecule has 0 aromatic heterocycles. The van der Waals surface area contributed by atoms with E-state index in [1.54, 1.807) is 12.1 Å². The molecule has 102 valence electrons. The fraction of sp³-hybridized carbons (Fsp3) is 0.429. The van der Waals surface area contributed by atoms with E-state index in [0.717, 1.165) is 5.56 Å². The van der Waals surface area contributed by atoms with Gasteiger partial charge in [0.2, 0.25) is 5.91 Å². The zero-order valence-electron chi connectivity index (χ0n) is 11.2. The van der Waals surface area contributed by atoms with E-state index in [9.17, 15) is 9.59 Å². The second-order valence-corrected chi connectivity index (χ2v) is 4.81. The first kappa shape index (κ1) is 13.5. The summed E-state index contributed by atoms with van der Waals surface area (Å²) in [5, 5.41) is 0. The summed E-state index contributed by atoms with van der Waals surface area (Å²) in [6.07, 6.45) is 0.867. The second kappa shape index (κ2) is 5.40. The number of rotatable bonds is 2. The van der Waals surface area contributed by atoms with Gasteiger partial charge in [-0.25, -0.2) is 0 Å². The van der Waals surface area contributed by atoms with Crippen LogP contribution >= 0.6 is 0 Å². The second-order valence-electron chi connectivity index (χ2n) is 4.81. The molecule has 2 N–H and O–H groups in total. The number of piperidine rings is 1. The van der Waals surface area contributed by atoms with Crippen molar-refractivity contribution in [3.63, 3.8) is 0 Å². The first-order valence-electron chi connectivity index (χ1n) is 6.28. The van der Waals surface area contributed by atoms with E-state index in [-0.39, 0.29) is 24.3 Å². The number of amides is 2. The molecule has 0 bridgehead atoms. The maximum Gasteiger partial charge on any atom is 0.264 e. The van der Waals surface area contributed by atoms with Gasteiger partial charge in [0.25, 0.3) is 5.91 Å². The highest BCUT2D eigenvalue weighted by Crippen LogP contribution is 2.23. The van der Waals surface area contributed by atoms with Gasteiger partial charge in [0.05, 0.1) is 12.7 Å². The molecule has 0 spiro atoms. The molecular weight excluding hydrogens is 244 g/mol. The Hall–Kier alpha value is -1.88. The standard InChI is InChI=1S/C14H18N2O3/c1-9-3-4-12(19-2)11(7-9)14(18)16-6-5-10(15)8-13(16)17/h3-4,7,10H,5-6,8,15H2,1-2H3. The number of benzene rings is 1. The topological polar surface area (TPSA) is 72.6 Å². The first-order valence-corrected chi connectivity index (χ1v) is 6.28. The Morgan fingerprint density at radius 1 is 1.47 bits per heavy atom. The van der Waals surface area contributed by atoms with E-state index >= 15 is 0 Å². The van der Waals surface area contributed by atoms with Crippen molar-refractivity contribution in [1.29, 1.82) is 0 Å². The molecule has 0 radical (unpaired) electrons. The lowest BCUT2D eigenvalue weighted by atomic mass is 10.0. The van der Waals surface area contributed by atoms with Crippen LogP contribution in [0.2, 0.25) is 0 Å². The lowest BCUT2D eigenvalue weighted by Gasteiger charge is -2.28. The van der Waals surface area contributed by atoms with Gasteiger partial charge in [0.15, 0.2) is 0 Å². The van der Waals surface area contributed by atoms with E-state index < -0.39 is 0 Å². The third kappa shape index (κ3) is 2.76. The smallest absolute Gasteiger partial charge is 0.264 e. The van der Waals surface area contributed by atoms with Gasteiger partial charge in [-0.1, -0.05) is 11.6 Å². The number of hydrogen-bond acceptors (Lipinski definition) is 4. The van der Waals surface area contributed by atoms with Gasteiger partial charge in [-0.15, -0.1) is 0 Å². The summed E-state index contributed by atoms with van der Waals surface area (Å²) in [4.78, 5) is 25.6. The summed E-state index contributed by atoms with van der Waals surface area (Å²) in [7, 11) is 1.51. The summed E-state index contributed by atoms with van der Waals surface area (Å²) >= 11 is 0. The molecule has 1 atom stereocenters. The van der Waals surface area contributed by atoms with Crippen molar-refractivity contribution in [2.75, 3.05) is 13.7 Å². The SMILES string of the molecule is COc1ccc(C)cc1C(=O)N1CCC(N)CC1=O. The number of imide groups is 1. The summed E-state index contributed by atoms with van der Waals surface area (Å²) < 4.78 is 5.19. The third-order valence-corrected chi connectivity index (χ3v) is 3.29. The van der Waals surface area contributed by atoms with Gasteiger partial charge >= 0.3 is 0 Å². The van der Waals surface area contributed by atoms with Crippen LogP contribution in [0.3, 0.4) is 0 Å². The Balaban J connectivity index is 2.29. The predicted molar refractivity (Wildman–Crippen MR) is 71.0 cm³/mol. The van der Waals surface area contributed by atoms with Crippen LogP contribution in [-0.2, 0) is 4.79 Å². The number of aryl methyl sites for hydroxylation is 1. The Morgan fingerprint density at radius 2 is 2.21 bits per heavy atom. The summed E-state index contributed by atoms with van der Waals surface area (Å²) in [5.74, 6) is -0.0389. The molecule has 1 unspecified atom stereocenters. The first-order chi connectivity index (χ1) is 9.02. The molecule has 5 nitrogen and oxygen atoms in total. The molecule has 1 aromatic carbocycles. The molecule has 0 saturated carbocycles. The van der Waals surface area contributed by atoms with Gasteiger partial charge < -0.3 is 10.5 Å². The Bertz CT molecular complexity index is 513. The average Bonchev–Trinajstić information content (AvgIpc) is 2.38. The molecule has 0 aliphatic carbocycles. The van der Waals surface area contributed by atoms with Gasteiger partial charge in [0, 0.05) is 19.0 Å². The highest BCUT2D eigenvalue weighted by atomic mass is 16.5. The zero-order chi connectivity index (χ0) is 14.0. The molecule has 2 rings (SSSR count). The molecule has 1 aromatic rings. The maximum atomic E-state index is 12.4. The number of methoxy groups -OCH3 is 1. The van der Waals surface area contributed by atoms with E-state index in [1.165, 1.54) is 12.0 Å². The van der Waals surface area contributed by atoms with Crippen molar-refractivity contribution in [2.45, 2.75) is 25.8 Å². The fourth-order valence-electron chi connectivity index (χ4n) is 2.21. The number of carbonyl (C=O) groups excluding carboxylic acids is 2. The molecule has 1 saturated heterocycles. The normalized spacial score (nSPS) is 19.4. The van der Waals surface area contributed by atoms with Crippen LogP contribution in [0.5, 0.6) is 5.75 Å². The van der Waals surface area contributed by atoms with Gasteiger partial charge in [0.1, 0.15) is 5.75 Å². The lowest BCUT2D eigenvalue weighted by molar-refractivity contribution is -0.130. The van der Waals surface area contributed by atoms with Crippen molar-refractivity contribution in [3.8, 4) is 5.75 Å². The van der Waals surface area contributed by atoms with Crippen LogP contribution in [0, 0.1) is 6.92 Å². The predicted octanol–water partition coefficient (Wildman–Crippen LogP) is 1.09. The van der Waals surface area contributed by atoms with Gasteiger partial charge in [-0.3, -0.25) is 14.5 Å².